The molecule has 1 rings (SSSR count). The topological polar surface area (TPSA) is 73.7 Å². The Hall–Kier alpha value is -1.63. The maximum atomic E-state index is 12.2. The maximum Gasteiger partial charge on any atom is 0.323 e. The van der Waals surface area contributed by atoms with E-state index in [1.165, 1.54) is 21.1 Å². The second kappa shape index (κ2) is 6.51. The SMILES string of the molecule is Cc1nc(CN(C)C(=O)N(CC(=O)O)C(C)C)cs1. The van der Waals surface area contributed by atoms with Gasteiger partial charge in [0.1, 0.15) is 6.54 Å². The lowest BCUT2D eigenvalue weighted by atomic mass is 10.3. The van der Waals surface area contributed by atoms with Crippen molar-refractivity contribution in [2.45, 2.75) is 33.4 Å². The first-order valence-electron chi connectivity index (χ1n) is 5.95. The minimum absolute atomic E-state index is 0.164. The number of urea groups is 1. The molecule has 1 aromatic rings. The number of thiazole rings is 1. The first-order chi connectivity index (χ1) is 8.81. The van der Waals surface area contributed by atoms with Crippen LogP contribution in [0.1, 0.15) is 24.5 Å². The van der Waals surface area contributed by atoms with Gasteiger partial charge in [-0.25, -0.2) is 9.78 Å². The lowest BCUT2D eigenvalue weighted by Crippen LogP contribution is -2.46. The Bertz CT molecular complexity index is 459. The fourth-order valence-electron chi connectivity index (χ4n) is 1.63. The van der Waals surface area contributed by atoms with E-state index in [0.717, 1.165) is 10.7 Å². The molecular weight excluding hydrogens is 266 g/mol. The Morgan fingerprint density at radius 3 is 2.53 bits per heavy atom. The predicted octanol–water partition coefficient (Wildman–Crippen LogP) is 1.80. The van der Waals surface area contributed by atoms with Crippen LogP contribution in [0.4, 0.5) is 4.79 Å². The smallest absolute Gasteiger partial charge is 0.323 e. The third-order valence-electron chi connectivity index (χ3n) is 2.57. The molecule has 0 aliphatic carbocycles. The number of carbonyl (C=O) groups excluding carboxylic acids is 1. The summed E-state index contributed by atoms with van der Waals surface area (Å²) in [4.78, 5) is 30.1. The Morgan fingerprint density at radius 2 is 2.11 bits per heavy atom. The van der Waals surface area contributed by atoms with Crippen molar-refractivity contribution in [3.63, 3.8) is 0 Å². The van der Waals surface area contributed by atoms with Gasteiger partial charge in [0.2, 0.25) is 0 Å². The van der Waals surface area contributed by atoms with Crippen LogP contribution in [0.25, 0.3) is 0 Å². The molecule has 0 spiro atoms. The summed E-state index contributed by atoms with van der Waals surface area (Å²) in [5, 5.41) is 11.7. The van der Waals surface area contributed by atoms with Gasteiger partial charge in [-0.1, -0.05) is 0 Å². The normalized spacial score (nSPS) is 10.6. The molecular formula is C12H19N3O3S. The number of carboxylic acids is 1. The van der Waals surface area contributed by atoms with Crippen LogP contribution in [0.15, 0.2) is 5.38 Å². The lowest BCUT2D eigenvalue weighted by molar-refractivity contribution is -0.138. The molecule has 0 saturated heterocycles. The Morgan fingerprint density at radius 1 is 1.47 bits per heavy atom. The molecule has 6 nitrogen and oxygen atoms in total. The standard InChI is InChI=1S/C12H19N3O3S/c1-8(2)15(6-11(16)17)12(18)14(4)5-10-7-19-9(3)13-10/h7-8H,5-6H2,1-4H3,(H,16,17). The zero-order valence-corrected chi connectivity index (χ0v) is 12.4. The molecule has 1 heterocycles. The first kappa shape index (κ1) is 15.4. The summed E-state index contributed by atoms with van der Waals surface area (Å²) < 4.78 is 0. The van der Waals surface area contributed by atoms with Gasteiger partial charge in [0.05, 0.1) is 17.2 Å². The summed E-state index contributed by atoms with van der Waals surface area (Å²) >= 11 is 1.53. The highest BCUT2D eigenvalue weighted by atomic mass is 32.1. The monoisotopic (exact) mass is 285 g/mol. The summed E-state index contributed by atoms with van der Waals surface area (Å²) in [7, 11) is 1.65. The molecule has 0 aliphatic heterocycles. The zero-order chi connectivity index (χ0) is 14.6. The molecule has 0 unspecified atom stereocenters. The number of nitrogens with zero attached hydrogens (tertiary/aromatic N) is 3. The van der Waals surface area contributed by atoms with E-state index in [-0.39, 0.29) is 18.6 Å². The van der Waals surface area contributed by atoms with Gasteiger partial charge in [-0.3, -0.25) is 4.79 Å². The molecule has 7 heteroatoms. The van der Waals surface area contributed by atoms with Gasteiger partial charge in [-0.2, -0.15) is 0 Å². The first-order valence-corrected chi connectivity index (χ1v) is 6.83. The van der Waals surface area contributed by atoms with Gasteiger partial charge in [-0.15, -0.1) is 11.3 Å². The molecule has 0 fully saturated rings. The minimum Gasteiger partial charge on any atom is -0.480 e. The Labute approximate surface area is 116 Å². The highest BCUT2D eigenvalue weighted by Gasteiger charge is 2.23. The molecule has 0 aromatic carbocycles. The van der Waals surface area contributed by atoms with Crippen molar-refractivity contribution in [3.05, 3.63) is 16.1 Å². The average molecular weight is 285 g/mol. The number of carboxylic acid groups (broad SMARTS) is 1. The van der Waals surface area contributed by atoms with Crippen molar-refractivity contribution < 1.29 is 14.7 Å². The third kappa shape index (κ3) is 4.51. The summed E-state index contributed by atoms with van der Waals surface area (Å²) in [5.74, 6) is -1.01. The van der Waals surface area contributed by atoms with Crippen LogP contribution in [0, 0.1) is 6.92 Å². The molecule has 0 saturated carbocycles. The van der Waals surface area contributed by atoms with Crippen molar-refractivity contribution in [3.8, 4) is 0 Å². The van der Waals surface area contributed by atoms with Crippen LogP contribution in [-0.2, 0) is 11.3 Å². The van der Waals surface area contributed by atoms with E-state index >= 15 is 0 Å². The van der Waals surface area contributed by atoms with E-state index in [4.69, 9.17) is 5.11 Å². The van der Waals surface area contributed by atoms with E-state index in [1.807, 2.05) is 12.3 Å². The molecule has 19 heavy (non-hydrogen) atoms. The Balaban J connectivity index is 2.70. The van der Waals surface area contributed by atoms with Crippen LogP contribution in [-0.4, -0.2) is 51.5 Å². The quantitative estimate of drug-likeness (QED) is 0.895. The number of aryl methyl sites for hydroxylation is 1. The number of hydrogen-bond donors (Lipinski definition) is 1. The second-order valence-corrected chi connectivity index (χ2v) is 5.67. The van der Waals surface area contributed by atoms with Gasteiger partial charge in [0.25, 0.3) is 0 Å². The summed E-state index contributed by atoms with van der Waals surface area (Å²) in [6, 6.07) is -0.466. The van der Waals surface area contributed by atoms with Gasteiger partial charge in [-0.05, 0) is 20.8 Å². The van der Waals surface area contributed by atoms with Crippen LogP contribution in [0.3, 0.4) is 0 Å². The van der Waals surface area contributed by atoms with Gasteiger partial charge in [0, 0.05) is 18.5 Å². The maximum absolute atomic E-state index is 12.2. The fourth-order valence-corrected chi connectivity index (χ4v) is 2.23. The van der Waals surface area contributed by atoms with Crippen molar-refractivity contribution in [2.75, 3.05) is 13.6 Å². The van der Waals surface area contributed by atoms with Crippen molar-refractivity contribution in [1.82, 2.24) is 14.8 Å². The van der Waals surface area contributed by atoms with Crippen molar-refractivity contribution in [2.24, 2.45) is 0 Å². The zero-order valence-electron chi connectivity index (χ0n) is 11.6. The molecule has 0 aliphatic rings. The largest absolute Gasteiger partial charge is 0.480 e. The molecule has 0 bridgehead atoms. The van der Waals surface area contributed by atoms with Gasteiger partial charge >= 0.3 is 12.0 Å². The van der Waals surface area contributed by atoms with E-state index in [1.54, 1.807) is 20.9 Å². The van der Waals surface area contributed by atoms with Crippen LogP contribution in [0.5, 0.6) is 0 Å². The highest BCUT2D eigenvalue weighted by Crippen LogP contribution is 2.11. The number of rotatable bonds is 5. The van der Waals surface area contributed by atoms with E-state index < -0.39 is 5.97 Å². The van der Waals surface area contributed by atoms with E-state index in [2.05, 4.69) is 4.98 Å². The van der Waals surface area contributed by atoms with Crippen LogP contribution in [0.2, 0.25) is 0 Å². The van der Waals surface area contributed by atoms with E-state index in [0.29, 0.717) is 6.54 Å². The van der Waals surface area contributed by atoms with Crippen LogP contribution >= 0.6 is 11.3 Å². The number of hydrogen-bond acceptors (Lipinski definition) is 4. The van der Waals surface area contributed by atoms with Gasteiger partial charge in [0.15, 0.2) is 0 Å². The molecule has 1 aromatic heterocycles. The lowest BCUT2D eigenvalue weighted by Gasteiger charge is -2.29. The van der Waals surface area contributed by atoms with Crippen molar-refractivity contribution in [1.29, 1.82) is 0 Å². The number of amides is 2. The van der Waals surface area contributed by atoms with Gasteiger partial charge < -0.3 is 14.9 Å². The predicted molar refractivity (Wildman–Crippen MR) is 73.2 cm³/mol. The summed E-state index contributed by atoms with van der Waals surface area (Å²) in [6.45, 7) is 5.58. The number of aromatic nitrogens is 1. The van der Waals surface area contributed by atoms with Crippen LogP contribution < -0.4 is 0 Å². The third-order valence-corrected chi connectivity index (χ3v) is 3.39. The molecule has 0 radical (unpaired) electrons. The molecule has 2 amide bonds. The van der Waals surface area contributed by atoms with Crippen molar-refractivity contribution >= 4 is 23.3 Å². The summed E-state index contributed by atoms with van der Waals surface area (Å²) in [6.07, 6.45) is 0. The number of carbonyl (C=O) groups is 2. The van der Waals surface area contributed by atoms with E-state index in [9.17, 15) is 9.59 Å². The second-order valence-electron chi connectivity index (χ2n) is 4.61. The number of aliphatic carboxylic acids is 1. The molecule has 1 N–H and O–H groups in total. The Kier molecular flexibility index (Phi) is 5.29. The fraction of sp³-hybridized carbons (Fsp3) is 0.583. The summed E-state index contributed by atoms with van der Waals surface area (Å²) in [5.41, 5.74) is 0.817. The molecule has 0 atom stereocenters. The highest BCUT2D eigenvalue weighted by molar-refractivity contribution is 7.09. The molecule has 106 valence electrons. The average Bonchev–Trinajstić information content (AvgIpc) is 2.70. The minimum atomic E-state index is -1.01.